The van der Waals surface area contributed by atoms with Crippen molar-refractivity contribution >= 4 is 11.6 Å². The number of nitrogens with zero attached hydrogens (tertiary/aromatic N) is 4. The molecule has 2 atom stereocenters. The van der Waals surface area contributed by atoms with E-state index in [-0.39, 0.29) is 17.0 Å². The second-order valence-electron chi connectivity index (χ2n) is 8.76. The van der Waals surface area contributed by atoms with Gasteiger partial charge in [-0.2, -0.15) is 0 Å². The van der Waals surface area contributed by atoms with E-state index in [1.54, 1.807) is 0 Å². The minimum atomic E-state index is 0.0900. The lowest BCUT2D eigenvalue weighted by atomic mass is 10.0. The van der Waals surface area contributed by atoms with Crippen LogP contribution >= 0.6 is 0 Å². The van der Waals surface area contributed by atoms with Crippen LogP contribution in [0.2, 0.25) is 0 Å². The molecule has 0 aromatic carbocycles. The number of hydrogen-bond acceptors (Lipinski definition) is 4. The normalized spacial score (nSPS) is 36.3. The van der Waals surface area contributed by atoms with E-state index in [9.17, 15) is 4.79 Å². The van der Waals surface area contributed by atoms with Crippen molar-refractivity contribution in [1.82, 2.24) is 14.5 Å². The highest BCUT2D eigenvalue weighted by Gasteiger charge is 2.62. The van der Waals surface area contributed by atoms with Crippen LogP contribution in [0.25, 0.3) is 0 Å². The Balaban J connectivity index is 1.11. The number of hydrogen-bond donors (Lipinski definition) is 0. The van der Waals surface area contributed by atoms with Gasteiger partial charge in [0, 0.05) is 37.2 Å². The van der Waals surface area contributed by atoms with Gasteiger partial charge >= 0.3 is 0 Å². The molecule has 5 aliphatic rings. The number of oxime groups is 1. The van der Waals surface area contributed by atoms with Crippen molar-refractivity contribution in [3.8, 4) is 0 Å². The lowest BCUT2D eigenvalue weighted by Crippen LogP contribution is -2.32. The first kappa shape index (κ1) is 13.4. The molecule has 0 bridgehead atoms. The van der Waals surface area contributed by atoms with E-state index in [1.165, 1.54) is 18.6 Å². The van der Waals surface area contributed by atoms with E-state index in [4.69, 9.17) is 4.84 Å². The van der Waals surface area contributed by atoms with Crippen molar-refractivity contribution in [2.24, 2.45) is 22.9 Å². The molecule has 6 nitrogen and oxygen atoms in total. The van der Waals surface area contributed by atoms with Crippen LogP contribution in [0.4, 0.5) is 0 Å². The first-order valence-corrected chi connectivity index (χ1v) is 9.16. The summed E-state index contributed by atoms with van der Waals surface area (Å²) in [5.74, 6) is 1.84. The Hall–Kier alpha value is -1.85. The van der Waals surface area contributed by atoms with Crippen LogP contribution in [0.5, 0.6) is 0 Å². The van der Waals surface area contributed by atoms with E-state index < -0.39 is 0 Å². The average Bonchev–Trinajstić information content (AvgIpc) is 3.47. The quantitative estimate of drug-likeness (QED) is 0.854. The Morgan fingerprint density at radius 3 is 2.62 bits per heavy atom. The second kappa shape index (κ2) is 4.03. The molecule has 3 saturated carbocycles. The molecule has 4 fully saturated rings. The standard InChI is InChI=1S/C18H22N4O2/c1-17(2-3-17)22-9-14(19-10-22)16(23)21-7-11-12(8-21)15(11)13-6-18(4-5-18)24-20-13/h9-12,15H,2-8H2,1H3. The summed E-state index contributed by atoms with van der Waals surface area (Å²) in [4.78, 5) is 24.7. The minimum absolute atomic E-state index is 0.0900. The van der Waals surface area contributed by atoms with Crippen molar-refractivity contribution in [2.45, 2.75) is 50.2 Å². The fraction of sp³-hybridized carbons (Fsp3) is 0.722. The molecule has 6 heteroatoms. The number of amides is 1. The van der Waals surface area contributed by atoms with Gasteiger partial charge in [0.1, 0.15) is 11.3 Å². The minimum Gasteiger partial charge on any atom is -0.389 e. The molecule has 24 heavy (non-hydrogen) atoms. The van der Waals surface area contributed by atoms with E-state index in [0.29, 0.717) is 23.4 Å². The second-order valence-corrected chi connectivity index (χ2v) is 8.76. The van der Waals surface area contributed by atoms with Crippen LogP contribution < -0.4 is 0 Å². The van der Waals surface area contributed by atoms with Gasteiger partial charge in [0.2, 0.25) is 0 Å². The molecule has 1 saturated heterocycles. The van der Waals surface area contributed by atoms with Gasteiger partial charge in [-0.05, 0) is 44.4 Å². The predicted octanol–water partition coefficient (Wildman–Crippen LogP) is 2.02. The van der Waals surface area contributed by atoms with Crippen molar-refractivity contribution in [3.05, 3.63) is 18.2 Å². The predicted molar refractivity (Wildman–Crippen MR) is 86.6 cm³/mol. The summed E-state index contributed by atoms with van der Waals surface area (Å²) < 4.78 is 2.11. The van der Waals surface area contributed by atoms with Gasteiger partial charge in [-0.25, -0.2) is 4.98 Å². The van der Waals surface area contributed by atoms with Crippen molar-refractivity contribution < 1.29 is 9.63 Å². The smallest absolute Gasteiger partial charge is 0.274 e. The molecule has 2 aliphatic heterocycles. The maximum atomic E-state index is 12.7. The van der Waals surface area contributed by atoms with Gasteiger partial charge in [0.05, 0.1) is 12.0 Å². The zero-order valence-corrected chi connectivity index (χ0v) is 13.9. The Morgan fingerprint density at radius 2 is 2.00 bits per heavy atom. The molecular formula is C18H22N4O2. The molecule has 1 amide bonds. The number of aromatic nitrogens is 2. The number of imidazole rings is 1. The third-order valence-corrected chi connectivity index (χ3v) is 6.93. The highest BCUT2D eigenvalue weighted by molar-refractivity contribution is 5.94. The Labute approximate surface area is 140 Å². The van der Waals surface area contributed by atoms with E-state index in [2.05, 4.69) is 21.6 Å². The number of rotatable bonds is 3. The fourth-order valence-electron chi connectivity index (χ4n) is 4.65. The third kappa shape index (κ3) is 1.80. The number of carbonyl (C=O) groups excluding carboxylic acids is 1. The molecule has 1 aromatic rings. The van der Waals surface area contributed by atoms with E-state index in [1.807, 2.05) is 17.4 Å². The molecule has 3 heterocycles. The number of piperidine rings is 1. The average molecular weight is 326 g/mol. The zero-order valence-electron chi connectivity index (χ0n) is 13.9. The maximum absolute atomic E-state index is 12.7. The molecule has 0 N–H and O–H groups in total. The van der Waals surface area contributed by atoms with Gasteiger partial charge in [-0.3, -0.25) is 4.79 Å². The Kier molecular flexibility index (Phi) is 2.26. The topological polar surface area (TPSA) is 59.7 Å². The first-order chi connectivity index (χ1) is 11.6. The van der Waals surface area contributed by atoms with Gasteiger partial charge in [0.25, 0.3) is 5.91 Å². The summed E-state index contributed by atoms with van der Waals surface area (Å²) in [6.45, 7) is 3.92. The summed E-state index contributed by atoms with van der Waals surface area (Å²) in [7, 11) is 0. The Morgan fingerprint density at radius 1 is 1.25 bits per heavy atom. The molecule has 1 spiro atoms. The maximum Gasteiger partial charge on any atom is 0.274 e. The van der Waals surface area contributed by atoms with E-state index in [0.717, 1.165) is 32.4 Å². The summed E-state index contributed by atoms with van der Waals surface area (Å²) in [6.07, 6.45) is 9.46. The highest BCUT2D eigenvalue weighted by Crippen LogP contribution is 2.57. The molecular weight excluding hydrogens is 304 g/mol. The molecule has 0 radical (unpaired) electrons. The van der Waals surface area contributed by atoms with Crippen molar-refractivity contribution in [3.63, 3.8) is 0 Å². The van der Waals surface area contributed by atoms with Crippen LogP contribution in [0.15, 0.2) is 17.7 Å². The first-order valence-electron chi connectivity index (χ1n) is 9.16. The summed E-state index contributed by atoms with van der Waals surface area (Å²) >= 11 is 0. The fourth-order valence-corrected chi connectivity index (χ4v) is 4.65. The van der Waals surface area contributed by atoms with Gasteiger partial charge in [-0.15, -0.1) is 0 Å². The lowest BCUT2D eigenvalue weighted by molar-refractivity contribution is 0.0650. The van der Waals surface area contributed by atoms with Crippen molar-refractivity contribution in [1.29, 1.82) is 0 Å². The number of carbonyl (C=O) groups is 1. The Bertz CT molecular complexity index is 762. The third-order valence-electron chi connectivity index (χ3n) is 6.93. The van der Waals surface area contributed by atoms with Gasteiger partial charge < -0.3 is 14.3 Å². The zero-order chi connectivity index (χ0) is 16.1. The van der Waals surface area contributed by atoms with Gasteiger partial charge in [-0.1, -0.05) is 5.16 Å². The summed E-state index contributed by atoms with van der Waals surface area (Å²) in [6, 6.07) is 0. The molecule has 126 valence electrons. The monoisotopic (exact) mass is 326 g/mol. The summed E-state index contributed by atoms with van der Waals surface area (Å²) in [5, 5.41) is 4.36. The van der Waals surface area contributed by atoms with Gasteiger partial charge in [0.15, 0.2) is 0 Å². The SMILES string of the molecule is CC1(n2cnc(C(=O)N3CC4C(C3)C4C3=NOC4(CC4)C3)c2)CC1. The molecule has 1 aromatic heterocycles. The van der Waals surface area contributed by atoms with Crippen LogP contribution in [0.1, 0.15) is 49.5 Å². The van der Waals surface area contributed by atoms with Crippen LogP contribution in [-0.2, 0) is 10.4 Å². The largest absolute Gasteiger partial charge is 0.389 e. The number of fused-ring (bicyclic) bond motifs is 1. The van der Waals surface area contributed by atoms with Crippen LogP contribution in [0.3, 0.4) is 0 Å². The highest BCUT2D eigenvalue weighted by atomic mass is 16.7. The van der Waals surface area contributed by atoms with E-state index >= 15 is 0 Å². The summed E-state index contributed by atoms with van der Waals surface area (Å²) in [5.41, 5.74) is 2.15. The van der Waals surface area contributed by atoms with Crippen LogP contribution in [0, 0.1) is 17.8 Å². The number of likely N-dealkylation sites (tertiary alicyclic amines) is 1. The molecule has 6 rings (SSSR count). The van der Waals surface area contributed by atoms with Crippen LogP contribution in [-0.4, -0.2) is 44.8 Å². The molecule has 3 aliphatic carbocycles. The van der Waals surface area contributed by atoms with Crippen molar-refractivity contribution in [2.75, 3.05) is 13.1 Å². The lowest BCUT2D eigenvalue weighted by Gasteiger charge is -2.18. The molecule has 2 unspecified atom stereocenters.